The number of furan rings is 1. The Morgan fingerprint density at radius 1 is 0.955 bits per heavy atom. The third-order valence-corrected chi connectivity index (χ3v) is 7.82. The molecule has 0 saturated heterocycles. The number of ether oxygens (including phenoxy) is 2. The van der Waals surface area contributed by atoms with E-state index in [1.165, 1.54) is 24.4 Å². The van der Waals surface area contributed by atoms with Gasteiger partial charge < -0.3 is 18.5 Å². The minimum atomic E-state index is -0.580. The molecule has 0 bridgehead atoms. The fourth-order valence-corrected chi connectivity index (χ4v) is 5.55. The molecule has 10 nitrogen and oxygen atoms in total. The van der Waals surface area contributed by atoms with Crippen LogP contribution in [0.2, 0.25) is 0 Å². The molecule has 0 aliphatic carbocycles. The van der Waals surface area contributed by atoms with E-state index in [2.05, 4.69) is 72.9 Å². The fourth-order valence-electron chi connectivity index (χ4n) is 4.39. The van der Waals surface area contributed by atoms with Gasteiger partial charge in [-0.05, 0) is 86.6 Å². The number of carbonyl (C=O) groups is 1. The topological polar surface area (TPSA) is 121 Å². The van der Waals surface area contributed by atoms with Crippen LogP contribution in [0.3, 0.4) is 0 Å². The van der Waals surface area contributed by atoms with Gasteiger partial charge in [-0.1, -0.05) is 37.9 Å². The van der Waals surface area contributed by atoms with Gasteiger partial charge >= 0.3 is 11.6 Å². The highest BCUT2D eigenvalue weighted by molar-refractivity contribution is 9.11. The number of rotatable bonds is 11. The van der Waals surface area contributed by atoms with E-state index in [4.69, 9.17) is 13.9 Å². The lowest BCUT2D eigenvalue weighted by Gasteiger charge is -2.10. The second kappa shape index (κ2) is 13.7. The number of aryl methyl sites for hydroxylation is 2. The smallest absolute Gasteiger partial charge is 0.311 e. The van der Waals surface area contributed by atoms with Crippen molar-refractivity contribution in [3.8, 4) is 17.2 Å². The number of nitro groups is 1. The third-order valence-electron chi connectivity index (χ3n) is 6.59. The zero-order chi connectivity index (χ0) is 31.2. The summed E-state index contributed by atoms with van der Waals surface area (Å²) in [5.74, 6) is 0.697. The lowest BCUT2D eigenvalue weighted by molar-refractivity contribution is -0.385. The standard InChI is InChI=1S/C32H26Br2N4O6/c1-20-3-4-21(2)37(20)25-8-10-26(11-9-25)42-19-27-12-14-31(44-27)32(39)36-35-17-22-5-13-30(29(15-22)38(40)41)43-18-23-6-7-24(33)16-28(23)34/h3-17H,18-19H2,1-2H3,(H,36,39)/b35-17+. The molecular weight excluding hydrogens is 696 g/mol. The molecule has 2 aromatic heterocycles. The molecule has 0 unspecified atom stereocenters. The maximum absolute atomic E-state index is 12.5. The molecule has 2 heterocycles. The summed E-state index contributed by atoms with van der Waals surface area (Å²) in [4.78, 5) is 23.7. The number of aromatic nitrogens is 1. The van der Waals surface area contributed by atoms with Crippen LogP contribution >= 0.6 is 31.9 Å². The highest BCUT2D eigenvalue weighted by atomic mass is 79.9. The van der Waals surface area contributed by atoms with Gasteiger partial charge in [0.25, 0.3) is 0 Å². The van der Waals surface area contributed by atoms with Crippen LogP contribution in [-0.4, -0.2) is 21.6 Å². The number of benzene rings is 3. The second-order valence-electron chi connectivity index (χ2n) is 9.71. The fraction of sp³-hybridized carbons (Fsp3) is 0.125. The summed E-state index contributed by atoms with van der Waals surface area (Å²) in [6.07, 6.45) is 1.30. The van der Waals surface area contributed by atoms with Crippen LogP contribution < -0.4 is 14.9 Å². The lowest BCUT2D eigenvalue weighted by Crippen LogP contribution is -2.16. The molecule has 0 aliphatic rings. The van der Waals surface area contributed by atoms with Crippen molar-refractivity contribution in [1.82, 2.24) is 9.99 Å². The first-order chi connectivity index (χ1) is 21.2. The predicted molar refractivity (Wildman–Crippen MR) is 173 cm³/mol. The maximum atomic E-state index is 12.5. The number of hydrazone groups is 1. The minimum Gasteiger partial charge on any atom is -0.486 e. The average molecular weight is 722 g/mol. The Kier molecular flexibility index (Phi) is 9.61. The zero-order valence-corrected chi connectivity index (χ0v) is 26.8. The molecule has 224 valence electrons. The molecule has 0 spiro atoms. The van der Waals surface area contributed by atoms with Gasteiger partial charge in [0, 0.05) is 43.2 Å². The van der Waals surface area contributed by atoms with Crippen molar-refractivity contribution in [2.75, 3.05) is 0 Å². The second-order valence-corrected chi connectivity index (χ2v) is 11.5. The number of nitro benzene ring substituents is 1. The van der Waals surface area contributed by atoms with Crippen molar-refractivity contribution >= 4 is 49.7 Å². The number of halogens is 2. The molecule has 1 amide bonds. The van der Waals surface area contributed by atoms with Gasteiger partial charge in [-0.3, -0.25) is 14.9 Å². The first kappa shape index (κ1) is 30.8. The van der Waals surface area contributed by atoms with Gasteiger partial charge in [0.1, 0.15) is 24.7 Å². The molecule has 0 atom stereocenters. The Morgan fingerprint density at radius 3 is 2.41 bits per heavy atom. The normalized spacial score (nSPS) is 11.1. The molecule has 0 saturated carbocycles. The number of nitrogens with one attached hydrogen (secondary N) is 1. The first-order valence-electron chi connectivity index (χ1n) is 13.3. The van der Waals surface area contributed by atoms with E-state index in [1.54, 1.807) is 12.1 Å². The maximum Gasteiger partial charge on any atom is 0.311 e. The summed E-state index contributed by atoms with van der Waals surface area (Å²) in [5.41, 5.74) is 6.70. The lowest BCUT2D eigenvalue weighted by atomic mass is 10.2. The summed E-state index contributed by atoms with van der Waals surface area (Å²) >= 11 is 6.85. The van der Waals surface area contributed by atoms with Crippen molar-refractivity contribution in [2.45, 2.75) is 27.1 Å². The van der Waals surface area contributed by atoms with E-state index in [9.17, 15) is 14.9 Å². The number of amides is 1. The SMILES string of the molecule is Cc1ccc(C)n1-c1ccc(OCc2ccc(C(=O)N/N=C/c3ccc(OCc4ccc(Br)cc4Br)c([N+](=O)[O-])c3)o2)cc1. The van der Waals surface area contributed by atoms with Crippen molar-refractivity contribution in [3.63, 3.8) is 0 Å². The van der Waals surface area contributed by atoms with Gasteiger partial charge in [-0.2, -0.15) is 5.10 Å². The van der Waals surface area contributed by atoms with E-state index in [-0.39, 0.29) is 30.4 Å². The van der Waals surface area contributed by atoms with E-state index >= 15 is 0 Å². The molecule has 0 radical (unpaired) electrons. The van der Waals surface area contributed by atoms with Crippen LogP contribution in [0.15, 0.2) is 103 Å². The van der Waals surface area contributed by atoms with E-state index in [1.807, 2.05) is 42.5 Å². The molecule has 0 fully saturated rings. The number of hydrogen-bond acceptors (Lipinski definition) is 7. The highest BCUT2D eigenvalue weighted by Crippen LogP contribution is 2.30. The molecule has 5 rings (SSSR count). The largest absolute Gasteiger partial charge is 0.486 e. The first-order valence-corrected chi connectivity index (χ1v) is 14.9. The van der Waals surface area contributed by atoms with Gasteiger partial charge in [0.15, 0.2) is 11.5 Å². The molecule has 0 aliphatic heterocycles. The summed E-state index contributed by atoms with van der Waals surface area (Å²) < 4.78 is 21.0. The Bertz CT molecular complexity index is 1830. The number of hydrogen-bond donors (Lipinski definition) is 1. The van der Waals surface area contributed by atoms with Gasteiger partial charge in [0.05, 0.1) is 11.1 Å². The minimum absolute atomic E-state index is 0.0449. The molecule has 3 aromatic carbocycles. The predicted octanol–water partition coefficient (Wildman–Crippen LogP) is 8.04. The molecule has 5 aromatic rings. The van der Waals surface area contributed by atoms with Crippen molar-refractivity contribution in [1.29, 1.82) is 0 Å². The van der Waals surface area contributed by atoms with Gasteiger partial charge in [0.2, 0.25) is 0 Å². The molecular formula is C32H26Br2N4O6. The molecule has 1 N–H and O–H groups in total. The van der Waals surface area contributed by atoms with E-state index < -0.39 is 10.8 Å². The van der Waals surface area contributed by atoms with Crippen LogP contribution in [0.4, 0.5) is 5.69 Å². The highest BCUT2D eigenvalue weighted by Gasteiger charge is 2.17. The quantitative estimate of drug-likeness (QED) is 0.0837. The van der Waals surface area contributed by atoms with Crippen LogP contribution in [-0.2, 0) is 13.2 Å². The van der Waals surface area contributed by atoms with Crippen LogP contribution in [0.1, 0.15) is 38.8 Å². The Morgan fingerprint density at radius 2 is 1.70 bits per heavy atom. The average Bonchev–Trinajstić information content (AvgIpc) is 3.62. The van der Waals surface area contributed by atoms with E-state index in [0.717, 1.165) is 31.6 Å². The summed E-state index contributed by atoms with van der Waals surface area (Å²) in [5, 5.41) is 15.6. The summed E-state index contributed by atoms with van der Waals surface area (Å²) in [6.45, 7) is 4.38. The van der Waals surface area contributed by atoms with Crippen molar-refractivity contribution in [3.05, 3.63) is 138 Å². The van der Waals surface area contributed by atoms with Gasteiger partial charge in [-0.15, -0.1) is 0 Å². The van der Waals surface area contributed by atoms with E-state index in [0.29, 0.717) is 17.1 Å². The Hall–Kier alpha value is -4.68. The Balaban J connectivity index is 1.15. The van der Waals surface area contributed by atoms with Gasteiger partial charge in [-0.25, -0.2) is 5.43 Å². The molecule has 12 heteroatoms. The van der Waals surface area contributed by atoms with Crippen LogP contribution in [0.25, 0.3) is 5.69 Å². The Labute approximate surface area is 269 Å². The van der Waals surface area contributed by atoms with Crippen LogP contribution in [0.5, 0.6) is 11.5 Å². The summed E-state index contributed by atoms with van der Waals surface area (Å²) in [6, 6.07) is 25.0. The monoisotopic (exact) mass is 720 g/mol. The van der Waals surface area contributed by atoms with Crippen molar-refractivity contribution in [2.24, 2.45) is 5.10 Å². The van der Waals surface area contributed by atoms with Crippen molar-refractivity contribution < 1.29 is 23.6 Å². The molecule has 44 heavy (non-hydrogen) atoms. The zero-order valence-electron chi connectivity index (χ0n) is 23.6. The van der Waals surface area contributed by atoms with Crippen LogP contribution in [0, 0.1) is 24.0 Å². The summed E-state index contributed by atoms with van der Waals surface area (Å²) in [7, 11) is 0. The number of nitrogens with zero attached hydrogens (tertiary/aromatic N) is 3. The number of carbonyl (C=O) groups excluding carboxylic acids is 1. The third kappa shape index (κ3) is 7.44.